The summed E-state index contributed by atoms with van der Waals surface area (Å²) < 4.78 is 0. The molecule has 6 nitrogen and oxygen atoms in total. The molecular formula is C19H26N4O2. The monoisotopic (exact) mass is 342 g/mol. The van der Waals surface area contributed by atoms with Crippen LogP contribution in [0.15, 0.2) is 35.3 Å². The molecule has 1 amide bonds. The van der Waals surface area contributed by atoms with Crippen LogP contribution in [0.4, 0.5) is 0 Å². The van der Waals surface area contributed by atoms with Crippen molar-refractivity contribution in [3.05, 3.63) is 35.9 Å². The summed E-state index contributed by atoms with van der Waals surface area (Å²) in [6, 6.07) is 10.1. The number of amides is 1. The topological polar surface area (TPSA) is 68.2 Å². The van der Waals surface area contributed by atoms with E-state index in [1.54, 1.807) is 0 Å². The Hall–Kier alpha value is -1.92. The number of hydrogen-bond donors (Lipinski definition) is 2. The molecule has 2 fully saturated rings. The summed E-state index contributed by atoms with van der Waals surface area (Å²) in [7, 11) is 0. The maximum atomic E-state index is 12.2. The Balaban J connectivity index is 1.61. The summed E-state index contributed by atoms with van der Waals surface area (Å²) in [6.45, 7) is 9.21. The molecule has 1 aromatic carbocycles. The fourth-order valence-electron chi connectivity index (χ4n) is 4.79. The quantitative estimate of drug-likeness (QED) is 0.640. The van der Waals surface area contributed by atoms with Crippen LogP contribution in [0.25, 0.3) is 0 Å². The molecule has 0 spiro atoms. The van der Waals surface area contributed by atoms with Gasteiger partial charge < -0.3 is 4.90 Å². The summed E-state index contributed by atoms with van der Waals surface area (Å²) in [5.41, 5.74) is 2.74. The first-order valence-electron chi connectivity index (χ1n) is 9.12. The van der Waals surface area contributed by atoms with Gasteiger partial charge in [0, 0.05) is 31.5 Å². The van der Waals surface area contributed by atoms with Crippen LogP contribution in [-0.4, -0.2) is 65.0 Å². The third kappa shape index (κ3) is 2.73. The molecule has 4 rings (SSSR count). The second-order valence-electron chi connectivity index (χ2n) is 7.64. The first-order chi connectivity index (χ1) is 12.1. The van der Waals surface area contributed by atoms with Crippen LogP contribution in [0.1, 0.15) is 25.3 Å². The Bertz CT molecular complexity index is 692. The van der Waals surface area contributed by atoms with E-state index in [-0.39, 0.29) is 29.2 Å². The van der Waals surface area contributed by atoms with Crippen LogP contribution in [-0.2, 0) is 4.79 Å². The van der Waals surface area contributed by atoms with Gasteiger partial charge in [0.05, 0.1) is 18.0 Å². The zero-order chi connectivity index (χ0) is 17.6. The van der Waals surface area contributed by atoms with Crippen molar-refractivity contribution in [2.75, 3.05) is 32.7 Å². The van der Waals surface area contributed by atoms with E-state index in [1.165, 1.54) is 0 Å². The van der Waals surface area contributed by atoms with E-state index in [4.69, 9.17) is 4.99 Å². The van der Waals surface area contributed by atoms with Crippen LogP contribution in [0, 0.1) is 11.8 Å². The smallest absolute Gasteiger partial charge is 0.247 e. The Morgan fingerprint density at radius 2 is 2.12 bits per heavy atom. The van der Waals surface area contributed by atoms with Crippen molar-refractivity contribution >= 4 is 11.7 Å². The molecule has 6 heteroatoms. The van der Waals surface area contributed by atoms with Crippen molar-refractivity contribution in [2.24, 2.45) is 16.8 Å². The van der Waals surface area contributed by atoms with E-state index >= 15 is 0 Å². The highest BCUT2D eigenvalue weighted by Gasteiger charge is 2.64. The van der Waals surface area contributed by atoms with Crippen LogP contribution in [0.2, 0.25) is 0 Å². The van der Waals surface area contributed by atoms with Gasteiger partial charge >= 0.3 is 0 Å². The molecule has 2 N–H and O–H groups in total. The molecular weight excluding hydrogens is 316 g/mol. The average Bonchev–Trinajstić information content (AvgIpc) is 3.31. The first-order valence-corrected chi connectivity index (χ1v) is 9.12. The van der Waals surface area contributed by atoms with E-state index in [2.05, 4.69) is 35.8 Å². The number of rotatable bonds is 4. The number of nitrogens with one attached hydrogen (secondary N) is 1. The number of benzene rings is 1. The van der Waals surface area contributed by atoms with Crippen molar-refractivity contribution in [1.29, 1.82) is 0 Å². The molecule has 1 aromatic rings. The molecule has 1 saturated heterocycles. The largest absolute Gasteiger partial charge is 0.356 e. The van der Waals surface area contributed by atoms with Gasteiger partial charge in [0.2, 0.25) is 5.91 Å². The highest BCUT2D eigenvalue weighted by Crippen LogP contribution is 2.61. The summed E-state index contributed by atoms with van der Waals surface area (Å²) in [5, 5.41) is 9.17. The number of aliphatic imine (C=N–C) groups is 1. The molecule has 1 saturated carbocycles. The third-order valence-electron chi connectivity index (χ3n) is 6.09. The minimum Gasteiger partial charge on any atom is -0.356 e. The lowest BCUT2D eigenvalue weighted by Crippen LogP contribution is -2.49. The summed E-state index contributed by atoms with van der Waals surface area (Å²) in [4.78, 5) is 22.1. The van der Waals surface area contributed by atoms with E-state index in [1.807, 2.05) is 23.7 Å². The number of carbonyl (C=O) groups is 1. The number of likely N-dealkylation sites (N-methyl/N-ethyl adjacent to an activating group) is 1. The first kappa shape index (κ1) is 16.5. The molecule has 3 aliphatic rings. The van der Waals surface area contributed by atoms with E-state index < -0.39 is 0 Å². The lowest BCUT2D eigenvalue weighted by Gasteiger charge is -2.34. The summed E-state index contributed by atoms with van der Waals surface area (Å²) >= 11 is 0. The number of nitrogens with zero attached hydrogens (tertiary/aromatic N) is 3. The predicted molar refractivity (Wildman–Crippen MR) is 95.6 cm³/mol. The molecule has 4 atom stereocenters. The highest BCUT2D eigenvalue weighted by molar-refractivity contribution is 5.88. The van der Waals surface area contributed by atoms with E-state index in [0.29, 0.717) is 0 Å². The van der Waals surface area contributed by atoms with Crippen molar-refractivity contribution < 1.29 is 10.0 Å². The zero-order valence-corrected chi connectivity index (χ0v) is 14.9. The Morgan fingerprint density at radius 3 is 2.80 bits per heavy atom. The SMILES string of the molecule is CCN1CCN2C[C@@](C)([C@H]3[C@H](C(=O)NO)[C@@H]3c3ccccc3)N=C2C1. The number of carbonyl (C=O) groups excluding carboxylic acids is 1. The predicted octanol–water partition coefficient (Wildman–Crippen LogP) is 1.33. The number of piperazine rings is 1. The van der Waals surface area contributed by atoms with Gasteiger partial charge in [0.15, 0.2) is 0 Å². The van der Waals surface area contributed by atoms with Crippen LogP contribution in [0.3, 0.4) is 0 Å². The van der Waals surface area contributed by atoms with Gasteiger partial charge in [-0.3, -0.25) is 19.9 Å². The van der Waals surface area contributed by atoms with E-state index in [9.17, 15) is 10.0 Å². The Morgan fingerprint density at radius 1 is 1.36 bits per heavy atom. The van der Waals surface area contributed by atoms with Crippen LogP contribution in [0.5, 0.6) is 0 Å². The molecule has 25 heavy (non-hydrogen) atoms. The van der Waals surface area contributed by atoms with Gasteiger partial charge in [-0.2, -0.15) is 0 Å². The number of hydroxylamine groups is 1. The van der Waals surface area contributed by atoms with Crippen molar-refractivity contribution in [3.63, 3.8) is 0 Å². The van der Waals surface area contributed by atoms with Crippen molar-refractivity contribution in [1.82, 2.24) is 15.3 Å². The minimum atomic E-state index is -0.291. The van der Waals surface area contributed by atoms with Crippen molar-refractivity contribution in [2.45, 2.75) is 25.3 Å². The lowest BCUT2D eigenvalue weighted by molar-refractivity contribution is -0.131. The maximum absolute atomic E-state index is 12.2. The third-order valence-corrected chi connectivity index (χ3v) is 6.09. The molecule has 2 heterocycles. The Kier molecular flexibility index (Phi) is 4.04. The summed E-state index contributed by atoms with van der Waals surface area (Å²) in [6.07, 6.45) is 0. The van der Waals surface area contributed by atoms with Gasteiger partial charge in [-0.05, 0) is 19.0 Å². The summed E-state index contributed by atoms with van der Waals surface area (Å²) in [5.74, 6) is 0.879. The molecule has 2 aliphatic heterocycles. The second-order valence-corrected chi connectivity index (χ2v) is 7.64. The fraction of sp³-hybridized carbons (Fsp3) is 0.579. The molecule has 134 valence electrons. The number of hydrogen-bond acceptors (Lipinski definition) is 5. The zero-order valence-electron chi connectivity index (χ0n) is 14.9. The van der Waals surface area contributed by atoms with Gasteiger partial charge in [0.25, 0.3) is 0 Å². The molecule has 0 unspecified atom stereocenters. The minimum absolute atomic E-state index is 0.117. The fourth-order valence-corrected chi connectivity index (χ4v) is 4.79. The number of amidine groups is 1. The Labute approximate surface area is 148 Å². The number of fused-ring (bicyclic) bond motifs is 1. The van der Waals surface area contributed by atoms with Crippen LogP contribution >= 0.6 is 0 Å². The van der Waals surface area contributed by atoms with Gasteiger partial charge in [-0.15, -0.1) is 0 Å². The maximum Gasteiger partial charge on any atom is 0.247 e. The highest BCUT2D eigenvalue weighted by atomic mass is 16.5. The van der Waals surface area contributed by atoms with Crippen LogP contribution < -0.4 is 5.48 Å². The van der Waals surface area contributed by atoms with Gasteiger partial charge in [-0.25, -0.2) is 5.48 Å². The standard InChI is InChI=1S/C19H26N4O2/c1-3-22-9-10-23-12-19(2,20-14(23)11-22)17-15(16(17)18(24)21-25)13-7-5-4-6-8-13/h4-8,15-17,25H,3,9-12H2,1-2H3,(H,21,24)/t15-,16+,17+,19-/m0/s1. The van der Waals surface area contributed by atoms with Gasteiger partial charge in [-0.1, -0.05) is 37.3 Å². The van der Waals surface area contributed by atoms with Gasteiger partial charge in [0.1, 0.15) is 5.84 Å². The molecule has 0 bridgehead atoms. The lowest BCUT2D eigenvalue weighted by atomic mass is 9.93. The molecule has 1 aliphatic carbocycles. The second kappa shape index (κ2) is 6.11. The normalized spacial score (nSPS) is 34.4. The molecule has 0 radical (unpaired) electrons. The van der Waals surface area contributed by atoms with E-state index in [0.717, 1.165) is 44.1 Å². The average molecular weight is 342 g/mol. The molecule has 0 aromatic heterocycles. The van der Waals surface area contributed by atoms with Crippen molar-refractivity contribution in [3.8, 4) is 0 Å².